The fourth-order valence-electron chi connectivity index (χ4n) is 1.51. The predicted molar refractivity (Wildman–Crippen MR) is 70.1 cm³/mol. The molecule has 1 aromatic carbocycles. The van der Waals surface area contributed by atoms with E-state index in [-0.39, 0.29) is 5.82 Å². The number of thioether (sulfide) groups is 1. The van der Waals surface area contributed by atoms with Crippen LogP contribution in [-0.2, 0) is 4.79 Å². The number of hydrogen-bond donors (Lipinski definition) is 0. The van der Waals surface area contributed by atoms with Gasteiger partial charge in [0, 0.05) is 11.3 Å². The normalized spacial score (nSPS) is 15.6. The summed E-state index contributed by atoms with van der Waals surface area (Å²) in [5.41, 5.74) is 2.30. The lowest BCUT2D eigenvalue weighted by Crippen LogP contribution is -1.89. The van der Waals surface area contributed by atoms with Gasteiger partial charge in [-0.2, -0.15) is 0 Å². The first kappa shape index (κ1) is 11.9. The van der Waals surface area contributed by atoms with E-state index >= 15 is 0 Å². The maximum atomic E-state index is 12.8. The molecule has 0 atom stereocenters. The van der Waals surface area contributed by atoms with E-state index in [4.69, 9.17) is 0 Å². The minimum atomic E-state index is -0.299. The van der Waals surface area contributed by atoms with Crippen molar-refractivity contribution in [3.8, 4) is 0 Å². The van der Waals surface area contributed by atoms with Gasteiger partial charge >= 0.3 is 0 Å². The molecule has 0 spiro atoms. The third-order valence-electron chi connectivity index (χ3n) is 2.40. The lowest BCUT2D eigenvalue weighted by Gasteiger charge is -2.04. The Balaban J connectivity index is 2.30. The Labute approximate surface area is 104 Å². The van der Waals surface area contributed by atoms with Crippen LogP contribution in [0, 0.1) is 5.82 Å². The second kappa shape index (κ2) is 5.64. The van der Waals surface area contributed by atoms with E-state index in [1.54, 1.807) is 23.9 Å². The number of carbonyl (C=O) groups excluding carboxylic acids is 1. The van der Waals surface area contributed by atoms with Gasteiger partial charge in [-0.05, 0) is 40.8 Å². The van der Waals surface area contributed by atoms with Crippen molar-refractivity contribution >= 4 is 23.6 Å². The third kappa shape index (κ3) is 3.17. The molecule has 0 saturated heterocycles. The lowest BCUT2D eigenvalue weighted by molar-refractivity contribution is -0.103. The van der Waals surface area contributed by atoms with Crippen LogP contribution in [0.5, 0.6) is 0 Å². The second-order valence-corrected chi connectivity index (χ2v) is 4.50. The van der Waals surface area contributed by atoms with Crippen LogP contribution < -0.4 is 0 Å². The summed E-state index contributed by atoms with van der Waals surface area (Å²) < 4.78 is 12.8. The van der Waals surface area contributed by atoms with E-state index < -0.39 is 0 Å². The van der Waals surface area contributed by atoms with Crippen LogP contribution >= 0.6 is 11.8 Å². The van der Waals surface area contributed by atoms with Gasteiger partial charge in [-0.3, -0.25) is 4.79 Å². The summed E-state index contributed by atoms with van der Waals surface area (Å²) in [5, 5.41) is 2.00. The molecule has 0 amide bonds. The van der Waals surface area contributed by atoms with E-state index in [0.29, 0.717) is 5.57 Å². The molecule has 0 aliphatic carbocycles. The van der Waals surface area contributed by atoms with Gasteiger partial charge in [-0.25, -0.2) is 4.39 Å². The van der Waals surface area contributed by atoms with Gasteiger partial charge in [-0.1, -0.05) is 18.2 Å². The zero-order chi connectivity index (χ0) is 12.1. The Morgan fingerprint density at radius 3 is 2.65 bits per heavy atom. The summed E-state index contributed by atoms with van der Waals surface area (Å²) in [4.78, 5) is 11.0. The first-order valence-electron chi connectivity index (χ1n) is 5.21. The standard InChI is InChI=1S/C14H11FOS/c15-14-3-1-12(2-4-14)13(10-16)9-11-5-7-17-8-6-11/h1-7,9-10H,8H2. The second-order valence-electron chi connectivity index (χ2n) is 3.56. The number of hydrogen-bond acceptors (Lipinski definition) is 2. The van der Waals surface area contributed by atoms with Crippen molar-refractivity contribution in [1.82, 2.24) is 0 Å². The number of allylic oxidation sites excluding steroid dienone is 4. The molecule has 0 radical (unpaired) electrons. The highest BCUT2D eigenvalue weighted by Gasteiger charge is 2.02. The molecule has 0 N–H and O–H groups in total. The average molecular weight is 246 g/mol. The molecule has 0 unspecified atom stereocenters. The minimum Gasteiger partial charge on any atom is -0.298 e. The van der Waals surface area contributed by atoms with Crippen molar-refractivity contribution in [3.05, 3.63) is 64.9 Å². The van der Waals surface area contributed by atoms with E-state index in [0.717, 1.165) is 23.2 Å². The van der Waals surface area contributed by atoms with Gasteiger partial charge in [0.1, 0.15) is 5.82 Å². The summed E-state index contributed by atoms with van der Waals surface area (Å²) in [6, 6.07) is 5.93. The maximum absolute atomic E-state index is 12.8. The molecule has 1 aromatic rings. The van der Waals surface area contributed by atoms with E-state index in [2.05, 4.69) is 6.08 Å². The Morgan fingerprint density at radius 2 is 2.06 bits per heavy atom. The summed E-state index contributed by atoms with van der Waals surface area (Å²) in [7, 11) is 0. The Hall–Kier alpha value is -1.61. The zero-order valence-electron chi connectivity index (χ0n) is 9.10. The van der Waals surface area contributed by atoms with Crippen LogP contribution in [0.4, 0.5) is 4.39 Å². The monoisotopic (exact) mass is 246 g/mol. The smallest absolute Gasteiger partial charge is 0.150 e. The van der Waals surface area contributed by atoms with Crippen molar-refractivity contribution in [2.45, 2.75) is 0 Å². The van der Waals surface area contributed by atoms with Gasteiger partial charge in [0.15, 0.2) is 6.29 Å². The molecule has 3 heteroatoms. The fraction of sp³-hybridized carbons (Fsp3) is 0.0714. The van der Waals surface area contributed by atoms with Crippen molar-refractivity contribution in [2.75, 3.05) is 5.75 Å². The Bertz CT molecular complexity index is 497. The molecule has 1 heterocycles. The quantitative estimate of drug-likeness (QED) is 0.599. The molecule has 86 valence electrons. The van der Waals surface area contributed by atoms with Crippen molar-refractivity contribution in [1.29, 1.82) is 0 Å². The first-order chi connectivity index (χ1) is 8.29. The number of carbonyl (C=O) groups is 1. The molecule has 0 saturated carbocycles. The maximum Gasteiger partial charge on any atom is 0.150 e. The number of benzene rings is 1. The Kier molecular flexibility index (Phi) is 3.94. The topological polar surface area (TPSA) is 17.1 Å². The molecule has 1 aliphatic rings. The molecular weight excluding hydrogens is 235 g/mol. The van der Waals surface area contributed by atoms with Crippen molar-refractivity contribution < 1.29 is 9.18 Å². The fourth-order valence-corrected chi connectivity index (χ4v) is 2.16. The highest BCUT2D eigenvalue weighted by molar-refractivity contribution is 8.02. The average Bonchev–Trinajstić information content (AvgIpc) is 2.38. The SMILES string of the molecule is O=CC(=CC1=CCSC=C1)c1ccc(F)cc1. The van der Waals surface area contributed by atoms with Crippen LogP contribution in [0.25, 0.3) is 5.57 Å². The van der Waals surface area contributed by atoms with E-state index in [1.807, 2.05) is 17.6 Å². The minimum absolute atomic E-state index is 0.299. The summed E-state index contributed by atoms with van der Waals surface area (Å²) in [5.74, 6) is 0.616. The van der Waals surface area contributed by atoms with E-state index in [1.165, 1.54) is 12.1 Å². The van der Waals surface area contributed by atoms with Crippen molar-refractivity contribution in [2.24, 2.45) is 0 Å². The number of aldehydes is 1. The zero-order valence-corrected chi connectivity index (χ0v) is 9.91. The molecule has 2 rings (SSSR count). The van der Waals surface area contributed by atoms with Gasteiger partial charge in [0.2, 0.25) is 0 Å². The van der Waals surface area contributed by atoms with Crippen LogP contribution in [0.3, 0.4) is 0 Å². The highest BCUT2D eigenvalue weighted by Crippen LogP contribution is 2.20. The molecular formula is C14H11FOS. The van der Waals surface area contributed by atoms with Crippen molar-refractivity contribution in [3.63, 3.8) is 0 Å². The summed E-state index contributed by atoms with van der Waals surface area (Å²) >= 11 is 1.71. The van der Waals surface area contributed by atoms with E-state index in [9.17, 15) is 9.18 Å². The van der Waals surface area contributed by atoms with Crippen LogP contribution in [0.2, 0.25) is 0 Å². The van der Waals surface area contributed by atoms with Gasteiger partial charge in [0.05, 0.1) is 0 Å². The highest BCUT2D eigenvalue weighted by atomic mass is 32.2. The first-order valence-corrected chi connectivity index (χ1v) is 6.25. The van der Waals surface area contributed by atoms with Gasteiger partial charge in [-0.15, -0.1) is 11.8 Å². The largest absolute Gasteiger partial charge is 0.298 e. The van der Waals surface area contributed by atoms with Gasteiger partial charge < -0.3 is 0 Å². The molecule has 1 nitrogen and oxygen atoms in total. The predicted octanol–water partition coefficient (Wildman–Crippen LogP) is 3.59. The lowest BCUT2D eigenvalue weighted by atomic mass is 10.0. The molecule has 1 aliphatic heterocycles. The van der Waals surface area contributed by atoms with Crippen LogP contribution in [-0.4, -0.2) is 12.0 Å². The van der Waals surface area contributed by atoms with Crippen LogP contribution in [0.15, 0.2) is 53.5 Å². The van der Waals surface area contributed by atoms with Gasteiger partial charge in [0.25, 0.3) is 0 Å². The van der Waals surface area contributed by atoms with Crippen LogP contribution in [0.1, 0.15) is 5.56 Å². The molecule has 17 heavy (non-hydrogen) atoms. The summed E-state index contributed by atoms with van der Waals surface area (Å²) in [6.45, 7) is 0. The third-order valence-corrected chi connectivity index (χ3v) is 3.09. The molecule has 0 aromatic heterocycles. The summed E-state index contributed by atoms with van der Waals surface area (Å²) in [6.07, 6.45) is 6.62. The molecule has 0 fully saturated rings. The number of halogens is 1. The molecule has 0 bridgehead atoms. The number of rotatable bonds is 3. The Morgan fingerprint density at radius 1 is 1.29 bits per heavy atom.